The van der Waals surface area contributed by atoms with Gasteiger partial charge in [-0.1, -0.05) is 6.42 Å². The fourth-order valence-corrected chi connectivity index (χ4v) is 2.61. The number of ether oxygens (including phenoxy) is 1. The molecule has 0 radical (unpaired) electrons. The zero-order chi connectivity index (χ0) is 13.5. The van der Waals surface area contributed by atoms with Crippen molar-refractivity contribution >= 4 is 5.69 Å². The molecule has 0 aromatic heterocycles. The highest BCUT2D eigenvalue weighted by Gasteiger charge is 2.13. The second kappa shape index (κ2) is 7.39. The van der Waals surface area contributed by atoms with Crippen molar-refractivity contribution in [3.63, 3.8) is 0 Å². The summed E-state index contributed by atoms with van der Waals surface area (Å²) in [5.41, 5.74) is 1.26. The van der Waals surface area contributed by atoms with Gasteiger partial charge in [0.15, 0.2) is 0 Å². The first-order valence-corrected chi connectivity index (χ1v) is 7.47. The van der Waals surface area contributed by atoms with E-state index in [1.54, 1.807) is 0 Å². The molecule has 0 amide bonds. The lowest BCUT2D eigenvalue weighted by Gasteiger charge is -2.27. The number of benzene rings is 1. The monoisotopic (exact) mass is 262 g/mol. The highest BCUT2D eigenvalue weighted by atomic mass is 16.5. The fraction of sp³-hybridized carbons (Fsp3) is 0.625. The summed E-state index contributed by atoms with van der Waals surface area (Å²) >= 11 is 0. The molecular formula is C16H26N2O. The lowest BCUT2D eigenvalue weighted by atomic mass is 10.0. The molecular weight excluding hydrogens is 236 g/mol. The van der Waals surface area contributed by atoms with E-state index in [-0.39, 0.29) is 0 Å². The lowest BCUT2D eigenvalue weighted by Crippen LogP contribution is -2.36. The van der Waals surface area contributed by atoms with Crippen LogP contribution in [-0.4, -0.2) is 32.8 Å². The van der Waals surface area contributed by atoms with E-state index in [2.05, 4.69) is 29.4 Å². The van der Waals surface area contributed by atoms with Gasteiger partial charge < -0.3 is 15.0 Å². The molecule has 1 heterocycles. The molecule has 0 aliphatic carbocycles. The van der Waals surface area contributed by atoms with Crippen LogP contribution in [0.25, 0.3) is 0 Å². The summed E-state index contributed by atoms with van der Waals surface area (Å²) in [4.78, 5) is 2.33. The van der Waals surface area contributed by atoms with Crippen LogP contribution in [-0.2, 0) is 0 Å². The van der Waals surface area contributed by atoms with Crippen LogP contribution >= 0.6 is 0 Å². The third-order valence-corrected chi connectivity index (χ3v) is 3.81. The number of hydrogen-bond donors (Lipinski definition) is 1. The summed E-state index contributed by atoms with van der Waals surface area (Å²) in [6, 6.07) is 9.08. The van der Waals surface area contributed by atoms with Gasteiger partial charge in [0.05, 0.1) is 6.61 Å². The third-order valence-electron chi connectivity index (χ3n) is 3.81. The van der Waals surface area contributed by atoms with Crippen LogP contribution in [0.2, 0.25) is 0 Å². The Labute approximate surface area is 116 Å². The van der Waals surface area contributed by atoms with Crippen LogP contribution in [0.5, 0.6) is 5.75 Å². The molecule has 0 spiro atoms. The van der Waals surface area contributed by atoms with E-state index in [0.29, 0.717) is 6.04 Å². The first-order valence-electron chi connectivity index (χ1n) is 7.47. The van der Waals surface area contributed by atoms with Gasteiger partial charge in [-0.25, -0.2) is 0 Å². The summed E-state index contributed by atoms with van der Waals surface area (Å²) in [6.45, 7) is 5.03. The van der Waals surface area contributed by atoms with Crippen molar-refractivity contribution in [2.24, 2.45) is 0 Å². The van der Waals surface area contributed by atoms with Gasteiger partial charge in [-0.2, -0.15) is 0 Å². The average Bonchev–Trinajstić information content (AvgIpc) is 2.47. The topological polar surface area (TPSA) is 24.5 Å². The Hall–Kier alpha value is -1.22. The first kappa shape index (κ1) is 14.2. The number of nitrogens with zero attached hydrogens (tertiary/aromatic N) is 1. The van der Waals surface area contributed by atoms with E-state index in [1.165, 1.54) is 37.9 Å². The van der Waals surface area contributed by atoms with Crippen LogP contribution < -0.4 is 15.0 Å². The normalized spacial score (nSPS) is 19.2. The van der Waals surface area contributed by atoms with Crippen molar-refractivity contribution in [1.29, 1.82) is 0 Å². The number of nitrogens with one attached hydrogen (secondary N) is 1. The summed E-state index contributed by atoms with van der Waals surface area (Å²) in [7, 11) is 2.17. The summed E-state index contributed by atoms with van der Waals surface area (Å²) in [6.07, 6.45) is 5.27. The van der Waals surface area contributed by atoms with E-state index in [1.807, 2.05) is 19.1 Å². The Morgan fingerprint density at radius 3 is 2.68 bits per heavy atom. The van der Waals surface area contributed by atoms with Gasteiger partial charge in [-0.15, -0.1) is 0 Å². The molecule has 1 aliphatic heterocycles. The summed E-state index contributed by atoms with van der Waals surface area (Å²) in [5.74, 6) is 0.952. The van der Waals surface area contributed by atoms with Crippen molar-refractivity contribution in [2.75, 3.05) is 31.6 Å². The molecule has 1 aromatic rings. The van der Waals surface area contributed by atoms with Crippen molar-refractivity contribution in [3.8, 4) is 5.75 Å². The second-order valence-electron chi connectivity index (χ2n) is 5.28. The third kappa shape index (κ3) is 4.43. The molecule has 1 aromatic carbocycles. The second-order valence-corrected chi connectivity index (χ2v) is 5.28. The molecule has 3 heteroatoms. The SMILES string of the molecule is CCOc1ccc(N(C)CCC2CCCCN2)cc1. The van der Waals surface area contributed by atoms with Crippen molar-refractivity contribution < 1.29 is 4.74 Å². The van der Waals surface area contributed by atoms with Crippen LogP contribution in [0.1, 0.15) is 32.6 Å². The van der Waals surface area contributed by atoms with Gasteiger partial charge in [-0.05, 0) is 57.0 Å². The van der Waals surface area contributed by atoms with Crippen LogP contribution in [0, 0.1) is 0 Å². The molecule has 1 aliphatic rings. The quantitative estimate of drug-likeness (QED) is 0.853. The van der Waals surface area contributed by atoms with Gasteiger partial charge in [0.1, 0.15) is 5.75 Å². The van der Waals surface area contributed by atoms with Gasteiger partial charge in [0, 0.05) is 25.3 Å². The molecule has 0 bridgehead atoms. The minimum Gasteiger partial charge on any atom is -0.494 e. The largest absolute Gasteiger partial charge is 0.494 e. The van der Waals surface area contributed by atoms with E-state index in [4.69, 9.17) is 4.74 Å². The highest BCUT2D eigenvalue weighted by Crippen LogP contribution is 2.19. The predicted octanol–water partition coefficient (Wildman–Crippen LogP) is 3.05. The first-order chi connectivity index (χ1) is 9.29. The standard InChI is InChI=1S/C16H26N2O/c1-3-19-16-9-7-15(8-10-16)18(2)13-11-14-6-4-5-12-17-14/h7-10,14,17H,3-6,11-13H2,1-2H3. The predicted molar refractivity (Wildman–Crippen MR) is 81.1 cm³/mol. The van der Waals surface area contributed by atoms with Crippen LogP contribution in [0.4, 0.5) is 5.69 Å². The Bertz CT molecular complexity index is 358. The van der Waals surface area contributed by atoms with E-state index in [0.717, 1.165) is 18.9 Å². The molecule has 1 N–H and O–H groups in total. The van der Waals surface area contributed by atoms with Crippen molar-refractivity contribution in [2.45, 2.75) is 38.6 Å². The maximum atomic E-state index is 5.47. The minimum atomic E-state index is 0.707. The smallest absolute Gasteiger partial charge is 0.119 e. The van der Waals surface area contributed by atoms with Crippen LogP contribution in [0.15, 0.2) is 24.3 Å². The maximum Gasteiger partial charge on any atom is 0.119 e. The number of rotatable bonds is 6. The Morgan fingerprint density at radius 1 is 1.26 bits per heavy atom. The average molecular weight is 262 g/mol. The van der Waals surface area contributed by atoms with Gasteiger partial charge >= 0.3 is 0 Å². The van der Waals surface area contributed by atoms with Gasteiger partial charge in [0.2, 0.25) is 0 Å². The Balaban J connectivity index is 1.79. The minimum absolute atomic E-state index is 0.707. The number of anilines is 1. The molecule has 1 fully saturated rings. The van der Waals surface area contributed by atoms with E-state index < -0.39 is 0 Å². The van der Waals surface area contributed by atoms with Crippen molar-refractivity contribution in [1.82, 2.24) is 5.32 Å². The zero-order valence-electron chi connectivity index (χ0n) is 12.2. The molecule has 106 valence electrons. The van der Waals surface area contributed by atoms with Gasteiger partial charge in [-0.3, -0.25) is 0 Å². The molecule has 1 unspecified atom stereocenters. The van der Waals surface area contributed by atoms with Crippen LogP contribution in [0.3, 0.4) is 0 Å². The number of hydrogen-bond acceptors (Lipinski definition) is 3. The molecule has 3 nitrogen and oxygen atoms in total. The summed E-state index contributed by atoms with van der Waals surface area (Å²) in [5, 5.41) is 3.61. The number of piperidine rings is 1. The molecule has 19 heavy (non-hydrogen) atoms. The molecule has 1 atom stereocenters. The molecule has 2 rings (SSSR count). The Morgan fingerprint density at radius 2 is 2.05 bits per heavy atom. The van der Waals surface area contributed by atoms with E-state index in [9.17, 15) is 0 Å². The molecule has 1 saturated heterocycles. The highest BCUT2D eigenvalue weighted by molar-refractivity contribution is 5.48. The Kier molecular flexibility index (Phi) is 5.52. The van der Waals surface area contributed by atoms with Crippen molar-refractivity contribution in [3.05, 3.63) is 24.3 Å². The summed E-state index contributed by atoms with van der Waals surface area (Å²) < 4.78 is 5.47. The van der Waals surface area contributed by atoms with Gasteiger partial charge in [0.25, 0.3) is 0 Å². The molecule has 0 saturated carbocycles. The zero-order valence-corrected chi connectivity index (χ0v) is 12.2. The maximum absolute atomic E-state index is 5.47. The lowest BCUT2D eigenvalue weighted by molar-refractivity contribution is 0.340. The van der Waals surface area contributed by atoms with E-state index >= 15 is 0 Å². The fourth-order valence-electron chi connectivity index (χ4n) is 2.61.